The highest BCUT2D eigenvalue weighted by Crippen LogP contribution is 2.14. The maximum Gasteiger partial charge on any atom is 0.251 e. The maximum absolute atomic E-state index is 12.7. The summed E-state index contributed by atoms with van der Waals surface area (Å²) in [5, 5.41) is 0. The van der Waals surface area contributed by atoms with Gasteiger partial charge in [0.1, 0.15) is 6.54 Å². The second kappa shape index (κ2) is 9.53. The number of aromatic nitrogens is 1. The Morgan fingerprint density at radius 2 is 1.56 bits per heavy atom. The van der Waals surface area contributed by atoms with E-state index < -0.39 is 25.6 Å². The molecule has 1 aromatic heterocycles. The lowest BCUT2D eigenvalue weighted by atomic mass is 10.2. The molecule has 1 amide bonds. The number of amides is 1. The average Bonchev–Trinajstić information content (AvgIpc) is 2.75. The van der Waals surface area contributed by atoms with Crippen LogP contribution in [0.1, 0.15) is 5.56 Å². The zero-order valence-electron chi connectivity index (χ0n) is 17.9. The van der Waals surface area contributed by atoms with Gasteiger partial charge in [-0.25, -0.2) is 21.1 Å². The smallest absolute Gasteiger partial charge is 0.251 e. The zero-order chi connectivity index (χ0) is 23.5. The van der Waals surface area contributed by atoms with E-state index in [0.29, 0.717) is 5.56 Å². The van der Waals surface area contributed by atoms with Crippen LogP contribution in [0.15, 0.2) is 58.4 Å². The van der Waals surface area contributed by atoms with Crippen LogP contribution in [0.3, 0.4) is 0 Å². The highest BCUT2D eigenvalue weighted by molar-refractivity contribution is 7.89. The summed E-state index contributed by atoms with van der Waals surface area (Å²) in [6.45, 7) is 0.372. The SMILES string of the molecule is CN(C)S(=O)(=O)c1ccc(=O)n(CC(=O)N2CCN(S(=O)(=O)Cc3ccccc3)CC2)c1. The molecular weight excluding hydrogens is 456 g/mol. The van der Waals surface area contributed by atoms with Crippen LogP contribution in [0.2, 0.25) is 0 Å². The first-order valence-electron chi connectivity index (χ1n) is 9.93. The molecule has 0 saturated carbocycles. The van der Waals surface area contributed by atoms with Gasteiger partial charge in [0.15, 0.2) is 0 Å². The molecule has 0 radical (unpaired) electrons. The van der Waals surface area contributed by atoms with E-state index in [1.807, 2.05) is 6.07 Å². The number of benzene rings is 1. The van der Waals surface area contributed by atoms with E-state index >= 15 is 0 Å². The monoisotopic (exact) mass is 482 g/mol. The van der Waals surface area contributed by atoms with Crippen LogP contribution in [-0.4, -0.2) is 81.1 Å². The normalized spacial score (nSPS) is 15.8. The molecule has 3 rings (SSSR count). The molecule has 0 spiro atoms. The van der Waals surface area contributed by atoms with Crippen LogP contribution < -0.4 is 5.56 Å². The molecule has 0 aliphatic carbocycles. The molecule has 0 atom stereocenters. The van der Waals surface area contributed by atoms with E-state index in [-0.39, 0.29) is 49.3 Å². The predicted molar refractivity (Wildman–Crippen MR) is 119 cm³/mol. The Hall–Kier alpha value is -2.54. The van der Waals surface area contributed by atoms with E-state index in [9.17, 15) is 26.4 Å². The largest absolute Gasteiger partial charge is 0.339 e. The van der Waals surface area contributed by atoms with Crippen LogP contribution in [0.4, 0.5) is 0 Å². The van der Waals surface area contributed by atoms with E-state index in [4.69, 9.17) is 0 Å². The number of sulfonamides is 2. The summed E-state index contributed by atoms with van der Waals surface area (Å²) in [5.74, 6) is -0.490. The molecule has 0 bridgehead atoms. The van der Waals surface area contributed by atoms with Crippen molar-refractivity contribution in [3.05, 3.63) is 64.6 Å². The Bertz CT molecular complexity index is 1230. The number of nitrogens with zero attached hydrogens (tertiary/aromatic N) is 4. The predicted octanol–water partition coefficient (Wildman–Crippen LogP) is -0.227. The first-order chi connectivity index (χ1) is 15.0. The molecule has 0 N–H and O–H groups in total. The van der Waals surface area contributed by atoms with E-state index in [1.54, 1.807) is 24.3 Å². The Kier molecular flexibility index (Phi) is 7.18. The van der Waals surface area contributed by atoms with Crippen LogP contribution in [0.5, 0.6) is 0 Å². The van der Waals surface area contributed by atoms with Gasteiger partial charge < -0.3 is 9.47 Å². The van der Waals surface area contributed by atoms with Crippen LogP contribution in [0.25, 0.3) is 0 Å². The van der Waals surface area contributed by atoms with Crippen molar-refractivity contribution < 1.29 is 21.6 Å². The molecular formula is C20H26N4O6S2. The highest BCUT2D eigenvalue weighted by atomic mass is 32.2. The molecule has 1 aliphatic heterocycles. The first-order valence-corrected chi connectivity index (χ1v) is 13.0. The van der Waals surface area contributed by atoms with Gasteiger partial charge in [0.25, 0.3) is 5.56 Å². The summed E-state index contributed by atoms with van der Waals surface area (Å²) in [5.41, 5.74) is 0.193. The van der Waals surface area contributed by atoms with Crippen molar-refractivity contribution in [3.63, 3.8) is 0 Å². The van der Waals surface area contributed by atoms with Gasteiger partial charge >= 0.3 is 0 Å². The topological polar surface area (TPSA) is 117 Å². The third-order valence-electron chi connectivity index (χ3n) is 5.22. The fourth-order valence-electron chi connectivity index (χ4n) is 3.33. The standard InChI is InChI=1S/C20H26N4O6S2/c1-21(2)32(29,30)18-8-9-19(25)23(14-18)15-20(26)22-10-12-24(13-11-22)31(27,28)16-17-6-4-3-5-7-17/h3-9,14H,10-13,15-16H2,1-2H3. The van der Waals surface area contributed by atoms with Crippen molar-refractivity contribution in [2.24, 2.45) is 0 Å². The molecule has 0 unspecified atom stereocenters. The van der Waals surface area contributed by atoms with Gasteiger partial charge in [-0.2, -0.15) is 4.31 Å². The quantitative estimate of drug-likeness (QED) is 0.538. The van der Waals surface area contributed by atoms with Crippen LogP contribution in [-0.2, 0) is 37.1 Å². The molecule has 1 fully saturated rings. The molecule has 174 valence electrons. The number of hydrogen-bond acceptors (Lipinski definition) is 6. The van der Waals surface area contributed by atoms with Crippen LogP contribution >= 0.6 is 0 Å². The molecule has 2 heterocycles. The van der Waals surface area contributed by atoms with Gasteiger partial charge in [0.05, 0.1) is 10.6 Å². The lowest BCUT2D eigenvalue weighted by Gasteiger charge is -2.34. The fraction of sp³-hybridized carbons (Fsp3) is 0.400. The molecule has 1 saturated heterocycles. The molecule has 10 nitrogen and oxygen atoms in total. The van der Waals surface area contributed by atoms with Gasteiger partial charge in [-0.05, 0) is 11.6 Å². The number of carbonyl (C=O) groups excluding carboxylic acids is 1. The zero-order valence-corrected chi connectivity index (χ0v) is 19.5. The van der Waals surface area contributed by atoms with Gasteiger partial charge in [0.2, 0.25) is 26.0 Å². The first kappa shape index (κ1) is 24.1. The summed E-state index contributed by atoms with van der Waals surface area (Å²) >= 11 is 0. The second-order valence-corrected chi connectivity index (χ2v) is 11.8. The summed E-state index contributed by atoms with van der Waals surface area (Å²) in [6.07, 6.45) is 1.15. The van der Waals surface area contributed by atoms with Crippen molar-refractivity contribution in [1.82, 2.24) is 18.1 Å². The summed E-state index contributed by atoms with van der Waals surface area (Å²) in [7, 11) is -4.51. The number of rotatable bonds is 7. The number of hydrogen-bond donors (Lipinski definition) is 0. The maximum atomic E-state index is 12.7. The Morgan fingerprint density at radius 1 is 0.938 bits per heavy atom. The third-order valence-corrected chi connectivity index (χ3v) is 8.87. The van der Waals surface area contributed by atoms with Crippen molar-refractivity contribution in [2.75, 3.05) is 40.3 Å². The third kappa shape index (κ3) is 5.44. The highest BCUT2D eigenvalue weighted by Gasteiger charge is 2.29. The average molecular weight is 483 g/mol. The van der Waals surface area contributed by atoms with E-state index in [2.05, 4.69) is 0 Å². The number of piperazine rings is 1. The minimum absolute atomic E-state index is 0.0910. The summed E-state index contributed by atoms with van der Waals surface area (Å²) in [6, 6.07) is 11.2. The number of pyridine rings is 1. The van der Waals surface area contributed by atoms with Gasteiger partial charge in [-0.3, -0.25) is 9.59 Å². The Balaban J connectivity index is 1.64. The van der Waals surface area contributed by atoms with Gasteiger partial charge in [-0.15, -0.1) is 0 Å². The minimum atomic E-state index is -3.75. The molecule has 1 aromatic carbocycles. The van der Waals surface area contributed by atoms with Crippen molar-refractivity contribution >= 4 is 26.0 Å². The lowest BCUT2D eigenvalue weighted by molar-refractivity contribution is -0.133. The summed E-state index contributed by atoms with van der Waals surface area (Å²) in [4.78, 5) is 26.2. The number of carbonyl (C=O) groups is 1. The lowest BCUT2D eigenvalue weighted by Crippen LogP contribution is -2.51. The molecule has 2 aromatic rings. The van der Waals surface area contributed by atoms with Gasteiger partial charge in [-0.1, -0.05) is 30.3 Å². The van der Waals surface area contributed by atoms with Crippen molar-refractivity contribution in [3.8, 4) is 0 Å². The van der Waals surface area contributed by atoms with Gasteiger partial charge in [0, 0.05) is 52.5 Å². The molecule has 1 aliphatic rings. The molecule has 32 heavy (non-hydrogen) atoms. The second-order valence-electron chi connectivity index (χ2n) is 7.64. The summed E-state index contributed by atoms with van der Waals surface area (Å²) < 4.78 is 53.4. The van der Waals surface area contributed by atoms with Crippen LogP contribution in [0, 0.1) is 0 Å². The Morgan fingerprint density at radius 3 is 2.16 bits per heavy atom. The minimum Gasteiger partial charge on any atom is -0.339 e. The molecule has 12 heteroatoms. The Labute approximate surface area is 187 Å². The van der Waals surface area contributed by atoms with Crippen molar-refractivity contribution in [1.29, 1.82) is 0 Å². The van der Waals surface area contributed by atoms with E-state index in [0.717, 1.165) is 21.1 Å². The van der Waals surface area contributed by atoms with Crippen molar-refractivity contribution in [2.45, 2.75) is 17.2 Å². The fourth-order valence-corrected chi connectivity index (χ4v) is 5.77. The van der Waals surface area contributed by atoms with E-state index in [1.165, 1.54) is 29.4 Å².